The van der Waals surface area contributed by atoms with Crippen LogP contribution < -0.4 is 9.62 Å². The van der Waals surface area contributed by atoms with Crippen molar-refractivity contribution in [2.75, 3.05) is 21.9 Å². The van der Waals surface area contributed by atoms with E-state index in [0.29, 0.717) is 36.6 Å². The number of nitrogens with zero attached hydrogens (tertiary/aromatic N) is 4. The molecular weight excluding hydrogens is 390 g/mol. The van der Waals surface area contributed by atoms with Gasteiger partial charge in [0, 0.05) is 43.3 Å². The molecule has 3 aromatic rings. The number of hydrogen-bond acceptors (Lipinski definition) is 5. The summed E-state index contributed by atoms with van der Waals surface area (Å²) in [6.45, 7) is 1.17. The number of benzene rings is 1. The van der Waals surface area contributed by atoms with Crippen LogP contribution in [0.15, 0.2) is 61.1 Å². The molecule has 0 saturated carbocycles. The Labute approximate surface area is 169 Å². The van der Waals surface area contributed by atoms with Gasteiger partial charge in [0.15, 0.2) is 5.82 Å². The van der Waals surface area contributed by atoms with E-state index in [-0.39, 0.29) is 11.7 Å². The van der Waals surface area contributed by atoms with Gasteiger partial charge in [-0.1, -0.05) is 0 Å². The van der Waals surface area contributed by atoms with E-state index in [2.05, 4.69) is 15.4 Å². The molecule has 9 heteroatoms. The Kier molecular flexibility index (Phi) is 5.30. The van der Waals surface area contributed by atoms with Crippen LogP contribution in [0.3, 0.4) is 0 Å². The number of carbonyl (C=O) groups excluding carboxylic acids is 1. The summed E-state index contributed by atoms with van der Waals surface area (Å²) in [6, 6.07) is 12.2. The number of aryl methyl sites for hydroxylation is 2. The molecule has 3 heterocycles. The van der Waals surface area contributed by atoms with Crippen LogP contribution in [0.1, 0.15) is 22.3 Å². The van der Waals surface area contributed by atoms with Crippen molar-refractivity contribution in [1.29, 1.82) is 0 Å². The molecular formula is C20H21N5O3S. The maximum Gasteiger partial charge on any atom is 0.256 e. The molecule has 0 atom stereocenters. The number of nitrogens with one attached hydrogen (secondary N) is 1. The van der Waals surface area contributed by atoms with E-state index in [1.807, 2.05) is 18.3 Å². The fraction of sp³-hybridized carbons (Fsp3) is 0.250. The van der Waals surface area contributed by atoms with Crippen molar-refractivity contribution in [2.45, 2.75) is 19.4 Å². The van der Waals surface area contributed by atoms with Crippen molar-refractivity contribution < 1.29 is 13.2 Å². The van der Waals surface area contributed by atoms with Crippen LogP contribution in [0.4, 0.5) is 11.5 Å². The topological polar surface area (TPSA) is 97.2 Å². The number of rotatable bonds is 6. The molecule has 2 aromatic heterocycles. The molecule has 1 aliphatic rings. The smallest absolute Gasteiger partial charge is 0.256 e. The van der Waals surface area contributed by atoms with E-state index in [0.717, 1.165) is 6.42 Å². The maximum atomic E-state index is 12.5. The fourth-order valence-corrected chi connectivity index (χ4v) is 4.81. The Balaban J connectivity index is 1.36. The predicted molar refractivity (Wildman–Crippen MR) is 110 cm³/mol. The highest BCUT2D eigenvalue weighted by atomic mass is 32.2. The summed E-state index contributed by atoms with van der Waals surface area (Å²) in [5.74, 6) is 0.343. The minimum atomic E-state index is -3.23. The van der Waals surface area contributed by atoms with Crippen LogP contribution in [-0.2, 0) is 23.0 Å². The van der Waals surface area contributed by atoms with Crippen LogP contribution in [0, 0.1) is 0 Å². The van der Waals surface area contributed by atoms with E-state index in [1.165, 1.54) is 9.87 Å². The standard InChI is InChI=1S/C20H21N5O3S/c26-20(17-2-4-18(5-3-17)25-12-1-15-29(25,27)28)22-19-9-14-24(23-19)13-8-16-6-10-21-11-7-16/h2-7,9-11,14H,1,8,12-13,15H2,(H,22,23,26). The van der Waals surface area contributed by atoms with Gasteiger partial charge in [0.2, 0.25) is 10.0 Å². The molecule has 4 rings (SSSR count). The van der Waals surface area contributed by atoms with E-state index in [4.69, 9.17) is 0 Å². The number of carbonyl (C=O) groups is 1. The minimum absolute atomic E-state index is 0.166. The number of aromatic nitrogens is 3. The highest BCUT2D eigenvalue weighted by Crippen LogP contribution is 2.24. The lowest BCUT2D eigenvalue weighted by Gasteiger charge is -2.16. The molecule has 1 fully saturated rings. The van der Waals surface area contributed by atoms with Gasteiger partial charge in [-0.15, -0.1) is 0 Å². The Bertz CT molecular complexity index is 1090. The van der Waals surface area contributed by atoms with Gasteiger partial charge in [-0.05, 0) is 54.8 Å². The minimum Gasteiger partial charge on any atom is -0.305 e. The van der Waals surface area contributed by atoms with E-state index < -0.39 is 10.0 Å². The monoisotopic (exact) mass is 411 g/mol. The molecule has 0 radical (unpaired) electrons. The maximum absolute atomic E-state index is 12.5. The Hall–Kier alpha value is -3.20. The van der Waals surface area contributed by atoms with Gasteiger partial charge in [-0.3, -0.25) is 18.8 Å². The normalized spacial score (nSPS) is 15.4. The molecule has 1 N–H and O–H groups in total. The highest BCUT2D eigenvalue weighted by molar-refractivity contribution is 7.93. The molecule has 0 spiro atoms. The van der Waals surface area contributed by atoms with E-state index in [1.54, 1.807) is 47.4 Å². The number of sulfonamides is 1. The first-order chi connectivity index (χ1) is 14.0. The van der Waals surface area contributed by atoms with Gasteiger partial charge in [0.05, 0.1) is 11.4 Å². The number of hydrogen-bond donors (Lipinski definition) is 1. The Morgan fingerprint density at radius 2 is 1.83 bits per heavy atom. The van der Waals surface area contributed by atoms with Crippen molar-refractivity contribution in [3.05, 3.63) is 72.2 Å². The van der Waals surface area contributed by atoms with Crippen LogP contribution in [0.25, 0.3) is 0 Å². The van der Waals surface area contributed by atoms with Crippen LogP contribution in [-0.4, -0.2) is 41.4 Å². The van der Waals surface area contributed by atoms with Gasteiger partial charge >= 0.3 is 0 Å². The molecule has 0 unspecified atom stereocenters. The van der Waals surface area contributed by atoms with Crippen molar-refractivity contribution >= 4 is 27.4 Å². The second kappa shape index (κ2) is 8.04. The summed E-state index contributed by atoms with van der Waals surface area (Å²) in [4.78, 5) is 16.5. The lowest BCUT2D eigenvalue weighted by atomic mass is 10.2. The number of pyridine rings is 1. The van der Waals surface area contributed by atoms with Gasteiger partial charge < -0.3 is 5.32 Å². The second-order valence-electron chi connectivity index (χ2n) is 6.81. The van der Waals surface area contributed by atoms with E-state index in [9.17, 15) is 13.2 Å². The first-order valence-electron chi connectivity index (χ1n) is 9.35. The Morgan fingerprint density at radius 1 is 1.07 bits per heavy atom. The summed E-state index contributed by atoms with van der Waals surface area (Å²) in [6.07, 6.45) is 6.77. The summed E-state index contributed by atoms with van der Waals surface area (Å²) in [5, 5.41) is 7.14. The van der Waals surface area contributed by atoms with Gasteiger partial charge in [-0.25, -0.2) is 8.42 Å². The first kappa shape index (κ1) is 19.1. The summed E-state index contributed by atoms with van der Waals surface area (Å²) in [7, 11) is -3.23. The third-order valence-corrected chi connectivity index (χ3v) is 6.65. The first-order valence-corrected chi connectivity index (χ1v) is 11.0. The lowest BCUT2D eigenvalue weighted by molar-refractivity contribution is 0.102. The van der Waals surface area contributed by atoms with Gasteiger partial charge in [0.25, 0.3) is 5.91 Å². The van der Waals surface area contributed by atoms with Crippen LogP contribution in [0.2, 0.25) is 0 Å². The summed E-state index contributed by atoms with van der Waals surface area (Å²) < 4.78 is 27.2. The molecule has 1 saturated heterocycles. The zero-order chi connectivity index (χ0) is 20.3. The van der Waals surface area contributed by atoms with Gasteiger partial charge in [-0.2, -0.15) is 5.10 Å². The molecule has 1 aliphatic heterocycles. The van der Waals surface area contributed by atoms with Crippen molar-refractivity contribution in [3.8, 4) is 0 Å². The average Bonchev–Trinajstić information content (AvgIpc) is 3.32. The number of anilines is 2. The third-order valence-electron chi connectivity index (χ3n) is 4.78. The van der Waals surface area contributed by atoms with E-state index >= 15 is 0 Å². The third kappa shape index (κ3) is 4.45. The molecule has 29 heavy (non-hydrogen) atoms. The SMILES string of the molecule is O=C(Nc1ccn(CCc2ccncc2)n1)c1ccc(N2CCCS2(=O)=O)cc1. The van der Waals surface area contributed by atoms with Crippen LogP contribution >= 0.6 is 0 Å². The summed E-state index contributed by atoms with van der Waals surface area (Å²) in [5.41, 5.74) is 2.19. The predicted octanol–water partition coefficient (Wildman–Crippen LogP) is 2.31. The lowest BCUT2D eigenvalue weighted by Crippen LogP contribution is -2.25. The van der Waals surface area contributed by atoms with Crippen molar-refractivity contribution in [1.82, 2.24) is 14.8 Å². The zero-order valence-corrected chi connectivity index (χ0v) is 16.5. The zero-order valence-electron chi connectivity index (χ0n) is 15.7. The number of amides is 1. The molecule has 0 bridgehead atoms. The largest absolute Gasteiger partial charge is 0.305 e. The van der Waals surface area contributed by atoms with Crippen molar-refractivity contribution in [2.24, 2.45) is 0 Å². The highest BCUT2D eigenvalue weighted by Gasteiger charge is 2.28. The van der Waals surface area contributed by atoms with Crippen molar-refractivity contribution in [3.63, 3.8) is 0 Å². The molecule has 1 amide bonds. The quantitative estimate of drug-likeness (QED) is 0.671. The second-order valence-corrected chi connectivity index (χ2v) is 8.83. The molecule has 1 aromatic carbocycles. The molecule has 0 aliphatic carbocycles. The molecule has 150 valence electrons. The average molecular weight is 411 g/mol. The molecule has 8 nitrogen and oxygen atoms in total. The summed E-state index contributed by atoms with van der Waals surface area (Å²) >= 11 is 0. The Morgan fingerprint density at radius 3 is 2.52 bits per heavy atom. The fourth-order valence-electron chi connectivity index (χ4n) is 3.24. The van der Waals surface area contributed by atoms with Crippen LogP contribution in [0.5, 0.6) is 0 Å². The van der Waals surface area contributed by atoms with Gasteiger partial charge in [0.1, 0.15) is 0 Å².